The van der Waals surface area contributed by atoms with E-state index in [0.29, 0.717) is 47.0 Å². The van der Waals surface area contributed by atoms with Crippen molar-refractivity contribution in [1.29, 1.82) is 0 Å². The molecule has 0 radical (unpaired) electrons. The molecule has 6 rings (SSSR count). The van der Waals surface area contributed by atoms with E-state index < -0.39 is 5.92 Å². The molecule has 1 saturated heterocycles. The molecule has 1 atom stereocenters. The number of halogens is 2. The van der Waals surface area contributed by atoms with Crippen molar-refractivity contribution < 1.29 is 9.53 Å². The summed E-state index contributed by atoms with van der Waals surface area (Å²) in [5.41, 5.74) is 3.48. The van der Waals surface area contributed by atoms with Crippen molar-refractivity contribution in [3.05, 3.63) is 57.9 Å². The van der Waals surface area contributed by atoms with E-state index in [1.54, 1.807) is 35.2 Å². The molecule has 174 valence electrons. The predicted octanol–water partition coefficient (Wildman–Crippen LogP) is 3.53. The van der Waals surface area contributed by atoms with Gasteiger partial charge in [-0.05, 0) is 12.5 Å². The normalized spacial score (nSPS) is 19.2. The standard InChI is InChI=1S/C22H20Cl2N8O2/c1-22(2)5-13(14-7-25-18-4-17(24)29-32(18)19(14)22)21(33)27-12-3-15(23)20(26-6-12)31-8-16(28-30-31)11-9-34-10-11/h3-4,6-8,11,13H,5,9-10H2,1-2H3,(H,27,33). The number of hydrogen-bond acceptors (Lipinski definition) is 7. The zero-order valence-electron chi connectivity index (χ0n) is 18.4. The molecule has 0 aromatic carbocycles. The Morgan fingerprint density at radius 2 is 2.03 bits per heavy atom. The lowest BCUT2D eigenvalue weighted by Gasteiger charge is -2.23. The maximum atomic E-state index is 13.3. The van der Waals surface area contributed by atoms with Crippen LogP contribution in [0.3, 0.4) is 0 Å². The van der Waals surface area contributed by atoms with Gasteiger partial charge < -0.3 is 10.1 Å². The first-order valence-electron chi connectivity index (χ1n) is 10.8. The summed E-state index contributed by atoms with van der Waals surface area (Å²) in [7, 11) is 0. The Hall–Kier alpha value is -3.08. The van der Waals surface area contributed by atoms with Crippen molar-refractivity contribution in [3.63, 3.8) is 0 Å². The van der Waals surface area contributed by atoms with Crippen LogP contribution in [-0.2, 0) is 14.9 Å². The Balaban J connectivity index is 1.25. The predicted molar refractivity (Wildman–Crippen MR) is 125 cm³/mol. The number of nitrogens with one attached hydrogen (secondary N) is 1. The topological polar surface area (TPSA) is 112 Å². The van der Waals surface area contributed by atoms with E-state index in [2.05, 4.69) is 44.5 Å². The Morgan fingerprint density at radius 1 is 1.21 bits per heavy atom. The van der Waals surface area contributed by atoms with E-state index in [9.17, 15) is 4.79 Å². The van der Waals surface area contributed by atoms with Crippen LogP contribution in [-0.4, -0.2) is 53.7 Å². The molecule has 34 heavy (non-hydrogen) atoms. The highest BCUT2D eigenvalue weighted by Crippen LogP contribution is 2.46. The number of pyridine rings is 1. The number of carbonyl (C=O) groups is 1. The molecule has 1 unspecified atom stereocenters. The zero-order chi connectivity index (χ0) is 23.6. The Labute approximate surface area is 204 Å². The molecule has 10 nitrogen and oxygen atoms in total. The molecule has 12 heteroatoms. The maximum Gasteiger partial charge on any atom is 0.232 e. The summed E-state index contributed by atoms with van der Waals surface area (Å²) in [4.78, 5) is 22.1. The van der Waals surface area contributed by atoms with Crippen LogP contribution in [0.2, 0.25) is 10.2 Å². The summed E-state index contributed by atoms with van der Waals surface area (Å²) in [6, 6.07) is 3.37. The van der Waals surface area contributed by atoms with Crippen molar-refractivity contribution in [2.75, 3.05) is 18.5 Å². The zero-order valence-corrected chi connectivity index (χ0v) is 19.9. The second-order valence-corrected chi connectivity index (χ2v) is 10.1. The number of rotatable bonds is 4. The number of aromatic nitrogens is 7. The lowest BCUT2D eigenvalue weighted by molar-refractivity contribution is -0.117. The SMILES string of the molecule is CC1(C)CC(C(=O)Nc2cnc(-n3cc(C4COC4)nn3)c(Cl)c2)c2cnc3cc(Cl)nn3c21. The van der Waals surface area contributed by atoms with Gasteiger partial charge in [-0.15, -0.1) is 5.10 Å². The smallest absolute Gasteiger partial charge is 0.232 e. The van der Waals surface area contributed by atoms with Crippen molar-refractivity contribution in [2.45, 2.75) is 37.5 Å². The fourth-order valence-electron chi connectivity index (χ4n) is 4.67. The van der Waals surface area contributed by atoms with Crippen LogP contribution in [0.5, 0.6) is 0 Å². The van der Waals surface area contributed by atoms with Gasteiger partial charge in [-0.2, -0.15) is 5.10 Å². The number of ether oxygens (including phenoxy) is 1. The first-order valence-corrected chi connectivity index (χ1v) is 11.6. The van der Waals surface area contributed by atoms with Crippen LogP contribution in [0.15, 0.2) is 30.7 Å². The van der Waals surface area contributed by atoms with Gasteiger partial charge in [0.05, 0.1) is 59.5 Å². The lowest BCUT2D eigenvalue weighted by Crippen LogP contribution is -2.25. The number of nitrogens with zero attached hydrogens (tertiary/aromatic N) is 7. The Morgan fingerprint density at radius 3 is 2.76 bits per heavy atom. The lowest BCUT2D eigenvalue weighted by atomic mass is 9.88. The second-order valence-electron chi connectivity index (χ2n) is 9.28. The third-order valence-corrected chi connectivity index (χ3v) is 6.87. The minimum absolute atomic E-state index is 0.162. The first kappa shape index (κ1) is 21.5. The van der Waals surface area contributed by atoms with E-state index >= 15 is 0 Å². The quantitative estimate of drug-likeness (QED) is 0.457. The molecular weight excluding hydrogens is 479 g/mol. The van der Waals surface area contributed by atoms with Gasteiger partial charge in [-0.25, -0.2) is 19.2 Å². The van der Waals surface area contributed by atoms with Crippen LogP contribution < -0.4 is 5.32 Å². The summed E-state index contributed by atoms with van der Waals surface area (Å²) >= 11 is 12.6. The summed E-state index contributed by atoms with van der Waals surface area (Å²) in [6.07, 6.45) is 5.71. The molecule has 1 aliphatic carbocycles. The summed E-state index contributed by atoms with van der Waals surface area (Å²) in [6.45, 7) is 5.45. The van der Waals surface area contributed by atoms with Crippen LogP contribution in [0.25, 0.3) is 11.5 Å². The molecule has 1 fully saturated rings. The third kappa shape index (κ3) is 3.44. The van der Waals surface area contributed by atoms with Crippen molar-refractivity contribution >= 4 is 40.4 Å². The van der Waals surface area contributed by atoms with E-state index in [4.69, 9.17) is 27.9 Å². The molecule has 1 amide bonds. The highest BCUT2D eigenvalue weighted by Gasteiger charge is 2.43. The monoisotopic (exact) mass is 498 g/mol. The molecular formula is C22H20Cl2N8O2. The van der Waals surface area contributed by atoms with E-state index in [1.807, 2.05) is 0 Å². The molecule has 0 saturated carbocycles. The van der Waals surface area contributed by atoms with E-state index in [-0.39, 0.29) is 17.2 Å². The first-order chi connectivity index (χ1) is 16.3. The van der Waals surface area contributed by atoms with Gasteiger partial charge in [-0.1, -0.05) is 42.3 Å². The Kier molecular flexibility index (Phi) is 4.87. The average molecular weight is 499 g/mol. The van der Waals surface area contributed by atoms with E-state index in [0.717, 1.165) is 17.0 Å². The minimum Gasteiger partial charge on any atom is -0.380 e. The molecule has 4 aromatic rings. The number of hydrogen-bond donors (Lipinski definition) is 1. The van der Waals surface area contributed by atoms with Gasteiger partial charge in [0.15, 0.2) is 16.6 Å². The largest absolute Gasteiger partial charge is 0.380 e. The van der Waals surface area contributed by atoms with Crippen molar-refractivity contribution in [3.8, 4) is 5.82 Å². The van der Waals surface area contributed by atoms with Crippen molar-refractivity contribution in [1.82, 2.24) is 34.6 Å². The molecule has 2 aliphatic rings. The molecule has 5 heterocycles. The van der Waals surface area contributed by atoms with Gasteiger partial charge in [0.1, 0.15) is 0 Å². The minimum atomic E-state index is -0.397. The number of fused-ring (bicyclic) bond motifs is 3. The van der Waals surface area contributed by atoms with Crippen molar-refractivity contribution in [2.24, 2.45) is 0 Å². The third-order valence-electron chi connectivity index (χ3n) is 6.40. The summed E-state index contributed by atoms with van der Waals surface area (Å²) in [5, 5.41) is 16.3. The Bertz CT molecular complexity index is 1440. The molecule has 1 N–H and O–H groups in total. The van der Waals surface area contributed by atoms with Gasteiger partial charge in [0.25, 0.3) is 0 Å². The van der Waals surface area contributed by atoms with Crippen LogP contribution in [0.4, 0.5) is 5.69 Å². The molecule has 0 bridgehead atoms. The van der Waals surface area contributed by atoms with Crippen LogP contribution >= 0.6 is 23.2 Å². The number of carbonyl (C=O) groups excluding carboxylic acids is 1. The van der Waals surface area contributed by atoms with Gasteiger partial charge >= 0.3 is 0 Å². The van der Waals surface area contributed by atoms with Gasteiger partial charge in [0, 0.05) is 23.2 Å². The number of amides is 1. The highest BCUT2D eigenvalue weighted by atomic mass is 35.5. The highest BCUT2D eigenvalue weighted by molar-refractivity contribution is 6.32. The van der Waals surface area contributed by atoms with Gasteiger partial charge in [-0.3, -0.25) is 4.79 Å². The van der Waals surface area contributed by atoms with Crippen LogP contribution in [0, 0.1) is 0 Å². The second kappa shape index (κ2) is 7.72. The maximum absolute atomic E-state index is 13.3. The fraction of sp³-hybridized carbons (Fsp3) is 0.364. The van der Waals surface area contributed by atoms with Crippen LogP contribution in [0.1, 0.15) is 49.1 Å². The average Bonchev–Trinajstić information content (AvgIpc) is 3.42. The van der Waals surface area contributed by atoms with E-state index in [1.165, 1.54) is 4.68 Å². The molecule has 1 aliphatic heterocycles. The molecule has 0 spiro atoms. The van der Waals surface area contributed by atoms with Gasteiger partial charge in [0.2, 0.25) is 5.91 Å². The molecule has 4 aromatic heterocycles. The summed E-state index contributed by atoms with van der Waals surface area (Å²) in [5.74, 6) is 0.127. The summed E-state index contributed by atoms with van der Waals surface area (Å²) < 4.78 is 8.47. The number of anilines is 1. The fourth-order valence-corrected chi connectivity index (χ4v) is 5.10.